The van der Waals surface area contributed by atoms with Crippen LogP contribution in [0.25, 0.3) is 0 Å². The van der Waals surface area contributed by atoms with Crippen LogP contribution in [-0.4, -0.2) is 24.8 Å². The highest BCUT2D eigenvalue weighted by Crippen LogP contribution is 2.13. The number of hydrogen-bond acceptors (Lipinski definition) is 3. The van der Waals surface area contributed by atoms with Crippen LogP contribution in [0.1, 0.15) is 13.8 Å². The van der Waals surface area contributed by atoms with Crippen LogP contribution in [-0.2, 0) is 10.0 Å². The van der Waals surface area contributed by atoms with Gasteiger partial charge in [-0.05, 0) is 19.9 Å². The first kappa shape index (κ1) is 13.3. The normalized spacial score (nSPS) is 12.8. The quantitative estimate of drug-likeness (QED) is 0.841. The third kappa shape index (κ3) is 3.40. The van der Waals surface area contributed by atoms with Gasteiger partial charge < -0.3 is 0 Å². The summed E-state index contributed by atoms with van der Waals surface area (Å²) in [6.45, 7) is 3.26. The molecule has 0 aliphatic heterocycles. The first-order valence-corrected chi connectivity index (χ1v) is 6.49. The van der Waals surface area contributed by atoms with Crippen LogP contribution in [0.15, 0.2) is 23.4 Å². The minimum Gasteiger partial charge on any atom is -0.260 e. The molecule has 0 radical (unpaired) electrons. The summed E-state index contributed by atoms with van der Waals surface area (Å²) in [5.74, 6) is -0.596. The SMILES string of the molecule is CC(C)(CCl)NS(=O)(=O)c1cncc(F)c1. The Bertz CT molecular complexity index is 476. The second kappa shape index (κ2) is 4.65. The van der Waals surface area contributed by atoms with Gasteiger partial charge >= 0.3 is 0 Å². The minimum absolute atomic E-state index is 0.106. The maximum Gasteiger partial charge on any atom is 0.242 e. The lowest BCUT2D eigenvalue weighted by molar-refractivity contribution is 0.495. The Morgan fingerprint density at radius 2 is 2.12 bits per heavy atom. The van der Waals surface area contributed by atoms with E-state index < -0.39 is 21.4 Å². The van der Waals surface area contributed by atoms with Crippen molar-refractivity contribution in [2.24, 2.45) is 0 Å². The molecule has 0 aliphatic carbocycles. The van der Waals surface area contributed by atoms with Crippen molar-refractivity contribution in [3.8, 4) is 0 Å². The molecule has 0 saturated carbocycles. The van der Waals surface area contributed by atoms with Gasteiger partial charge in [0.25, 0.3) is 0 Å². The Hall–Kier alpha value is -0.720. The summed E-state index contributed by atoms with van der Waals surface area (Å²) in [5, 5.41) is 0. The van der Waals surface area contributed by atoms with E-state index in [9.17, 15) is 12.8 Å². The lowest BCUT2D eigenvalue weighted by Gasteiger charge is -2.22. The van der Waals surface area contributed by atoms with Crippen LogP contribution in [0, 0.1) is 5.82 Å². The van der Waals surface area contributed by atoms with Gasteiger partial charge in [0, 0.05) is 17.6 Å². The van der Waals surface area contributed by atoms with E-state index >= 15 is 0 Å². The summed E-state index contributed by atoms with van der Waals surface area (Å²) >= 11 is 5.60. The Kier molecular flexibility index (Phi) is 3.88. The van der Waals surface area contributed by atoms with E-state index in [0.717, 1.165) is 18.5 Å². The van der Waals surface area contributed by atoms with Gasteiger partial charge in [0.1, 0.15) is 10.7 Å². The zero-order valence-electron chi connectivity index (χ0n) is 8.87. The second-order valence-corrected chi connectivity index (χ2v) is 5.91. The zero-order chi connectivity index (χ0) is 12.4. The number of alkyl halides is 1. The molecule has 0 aromatic carbocycles. The van der Waals surface area contributed by atoms with E-state index in [2.05, 4.69) is 9.71 Å². The summed E-state index contributed by atoms with van der Waals surface area (Å²) in [6, 6.07) is 0.902. The molecule has 0 amide bonds. The van der Waals surface area contributed by atoms with E-state index in [0.29, 0.717) is 0 Å². The second-order valence-electron chi connectivity index (χ2n) is 3.96. The molecule has 1 rings (SSSR count). The highest BCUT2D eigenvalue weighted by Gasteiger charge is 2.25. The molecule has 16 heavy (non-hydrogen) atoms. The van der Waals surface area contributed by atoms with E-state index in [1.54, 1.807) is 13.8 Å². The molecular weight excluding hydrogens is 255 g/mol. The lowest BCUT2D eigenvalue weighted by atomic mass is 10.1. The highest BCUT2D eigenvalue weighted by atomic mass is 35.5. The van der Waals surface area contributed by atoms with Crippen molar-refractivity contribution in [3.63, 3.8) is 0 Å². The summed E-state index contributed by atoms with van der Waals surface area (Å²) < 4.78 is 38.8. The Balaban J connectivity index is 3.04. The van der Waals surface area contributed by atoms with Crippen molar-refractivity contribution < 1.29 is 12.8 Å². The van der Waals surface area contributed by atoms with Gasteiger partial charge in [-0.3, -0.25) is 4.98 Å². The fraction of sp³-hybridized carbons (Fsp3) is 0.444. The van der Waals surface area contributed by atoms with Crippen molar-refractivity contribution in [2.45, 2.75) is 24.3 Å². The van der Waals surface area contributed by atoms with Crippen LogP contribution in [0.4, 0.5) is 4.39 Å². The van der Waals surface area contributed by atoms with Crippen molar-refractivity contribution >= 4 is 21.6 Å². The molecule has 90 valence electrons. The topological polar surface area (TPSA) is 59.1 Å². The fourth-order valence-electron chi connectivity index (χ4n) is 0.989. The number of hydrogen-bond donors (Lipinski definition) is 1. The Morgan fingerprint density at radius 3 is 2.62 bits per heavy atom. The summed E-state index contributed by atoms with van der Waals surface area (Å²) in [4.78, 5) is 3.26. The van der Waals surface area contributed by atoms with Gasteiger partial charge in [-0.15, -0.1) is 11.6 Å². The first-order chi connectivity index (χ1) is 7.27. The number of sulfonamides is 1. The molecule has 0 fully saturated rings. The van der Waals surface area contributed by atoms with E-state index in [1.807, 2.05) is 0 Å². The number of pyridine rings is 1. The standard InChI is InChI=1S/C9H12ClFN2O2S/c1-9(2,6-10)13-16(14,15)8-3-7(11)4-12-5-8/h3-5,13H,6H2,1-2H3. The Labute approximate surface area is 98.9 Å². The van der Waals surface area contributed by atoms with Gasteiger partial charge in [-0.25, -0.2) is 17.5 Å². The third-order valence-corrected chi connectivity index (χ3v) is 4.07. The molecule has 0 bridgehead atoms. The molecule has 1 aromatic rings. The van der Waals surface area contributed by atoms with Gasteiger partial charge in [-0.2, -0.15) is 0 Å². The smallest absolute Gasteiger partial charge is 0.242 e. The van der Waals surface area contributed by atoms with Gasteiger partial charge in [0.05, 0.1) is 6.20 Å². The van der Waals surface area contributed by atoms with Crippen molar-refractivity contribution in [3.05, 3.63) is 24.3 Å². The molecule has 0 aliphatic rings. The van der Waals surface area contributed by atoms with E-state index in [-0.39, 0.29) is 10.8 Å². The molecule has 1 N–H and O–H groups in total. The molecule has 0 atom stereocenters. The highest BCUT2D eigenvalue weighted by molar-refractivity contribution is 7.89. The summed E-state index contributed by atoms with van der Waals surface area (Å²) in [7, 11) is -3.79. The van der Waals surface area contributed by atoms with Crippen LogP contribution in [0.3, 0.4) is 0 Å². The van der Waals surface area contributed by atoms with Crippen LogP contribution in [0.5, 0.6) is 0 Å². The molecule has 1 heterocycles. The van der Waals surface area contributed by atoms with Crippen molar-refractivity contribution in [2.75, 3.05) is 5.88 Å². The molecule has 0 saturated heterocycles. The first-order valence-electron chi connectivity index (χ1n) is 4.47. The van der Waals surface area contributed by atoms with E-state index in [1.165, 1.54) is 0 Å². The van der Waals surface area contributed by atoms with E-state index in [4.69, 9.17) is 11.6 Å². The van der Waals surface area contributed by atoms with Crippen LogP contribution in [0.2, 0.25) is 0 Å². The van der Waals surface area contributed by atoms with Gasteiger partial charge in [0.15, 0.2) is 0 Å². The predicted octanol–water partition coefficient (Wildman–Crippen LogP) is 1.52. The van der Waals surface area contributed by atoms with Crippen LogP contribution < -0.4 is 4.72 Å². The average Bonchev–Trinajstić information content (AvgIpc) is 2.16. The van der Waals surface area contributed by atoms with Crippen molar-refractivity contribution in [1.29, 1.82) is 0 Å². The molecular formula is C9H12ClFN2O2S. The molecule has 0 spiro atoms. The van der Waals surface area contributed by atoms with Gasteiger partial charge in [-0.1, -0.05) is 0 Å². The summed E-state index contributed by atoms with van der Waals surface area (Å²) in [5.41, 5.74) is -0.799. The number of nitrogens with one attached hydrogen (secondary N) is 1. The fourth-order valence-corrected chi connectivity index (χ4v) is 2.52. The minimum atomic E-state index is -3.79. The number of aromatic nitrogens is 1. The molecule has 0 unspecified atom stereocenters. The van der Waals surface area contributed by atoms with Crippen LogP contribution >= 0.6 is 11.6 Å². The number of rotatable bonds is 4. The number of nitrogens with zero attached hydrogens (tertiary/aromatic N) is 1. The molecule has 7 heteroatoms. The molecule has 1 aromatic heterocycles. The zero-order valence-corrected chi connectivity index (χ0v) is 10.4. The largest absolute Gasteiger partial charge is 0.260 e. The summed E-state index contributed by atoms with van der Waals surface area (Å²) in [6.07, 6.45) is 2.02. The van der Waals surface area contributed by atoms with Crippen molar-refractivity contribution in [1.82, 2.24) is 9.71 Å². The maximum atomic E-state index is 12.8. The maximum absolute atomic E-state index is 12.8. The number of halogens is 2. The lowest BCUT2D eigenvalue weighted by Crippen LogP contribution is -2.44. The Morgan fingerprint density at radius 1 is 1.50 bits per heavy atom. The van der Waals surface area contributed by atoms with Gasteiger partial charge in [0.2, 0.25) is 10.0 Å². The molecule has 4 nitrogen and oxygen atoms in total. The predicted molar refractivity (Wildman–Crippen MR) is 59.3 cm³/mol. The average molecular weight is 267 g/mol. The third-order valence-electron chi connectivity index (χ3n) is 1.73. The monoisotopic (exact) mass is 266 g/mol.